The number of esters is 3. The van der Waals surface area contributed by atoms with Crippen molar-refractivity contribution in [2.24, 2.45) is 11.8 Å². The zero-order valence-corrected chi connectivity index (χ0v) is 17.9. The molecule has 158 valence electrons. The standard InChI is InChI=1S/C20H29NO6.ClH/c1-12(2)8-18(22)26-16-7-6-14(10-15(21)20(24)25-5)11-17(16)27-19(23)9-13(3)4;/h6-7,11-13,15H,8-10,21H2,1-5H3;1H/t15-;/m0./s1. The molecule has 0 aliphatic rings. The smallest absolute Gasteiger partial charge is 0.364 e. The number of hydrogen-bond donors (Lipinski definition) is 1. The van der Waals surface area contributed by atoms with Gasteiger partial charge in [0.1, 0.15) is 0 Å². The topological polar surface area (TPSA) is 107 Å². The Kier molecular flexibility index (Phi) is 11.4. The van der Waals surface area contributed by atoms with Crippen LogP contribution in [0.3, 0.4) is 0 Å². The van der Waals surface area contributed by atoms with E-state index in [4.69, 9.17) is 9.47 Å². The van der Waals surface area contributed by atoms with Crippen LogP contribution in [-0.4, -0.2) is 31.1 Å². The van der Waals surface area contributed by atoms with E-state index in [1.54, 1.807) is 18.2 Å². The van der Waals surface area contributed by atoms with Crippen LogP contribution in [0.4, 0.5) is 0 Å². The number of rotatable bonds is 9. The molecule has 0 saturated carbocycles. The summed E-state index contributed by atoms with van der Waals surface area (Å²) in [5, 5.41) is 0. The molecule has 0 saturated heterocycles. The van der Waals surface area contributed by atoms with E-state index < -0.39 is 23.9 Å². The fourth-order valence-electron chi connectivity index (χ4n) is 2.37. The van der Waals surface area contributed by atoms with Crippen molar-refractivity contribution in [3.05, 3.63) is 23.8 Å². The van der Waals surface area contributed by atoms with E-state index in [0.717, 1.165) is 5.56 Å². The molecule has 0 spiro atoms. The molecule has 0 aliphatic heterocycles. The van der Waals surface area contributed by atoms with Crippen molar-refractivity contribution in [3.63, 3.8) is 0 Å². The molecular formula is C20H30ClNO6. The number of carbonyl (C=O) groups is 3. The molecule has 0 heterocycles. The normalized spacial score (nSPS) is 11.6. The van der Waals surface area contributed by atoms with Crippen LogP contribution in [0, 0.1) is 11.8 Å². The van der Waals surface area contributed by atoms with E-state index in [-0.39, 0.29) is 48.6 Å². The second-order valence-corrected chi connectivity index (χ2v) is 7.35. The number of hydrogen-bond acceptors (Lipinski definition) is 6. The Morgan fingerprint density at radius 3 is 1.89 bits per heavy atom. The molecule has 0 amide bonds. The molecule has 0 bridgehead atoms. The first-order valence-corrected chi connectivity index (χ1v) is 9.07. The molecule has 1 rings (SSSR count). The maximum atomic E-state index is 12.1. The summed E-state index contributed by atoms with van der Waals surface area (Å²) in [6.07, 6.45) is 0.801. The number of quaternary nitrogens is 1. The number of ether oxygens (including phenoxy) is 3. The summed E-state index contributed by atoms with van der Waals surface area (Å²) in [5.74, 6) is -0.619. The largest absolute Gasteiger partial charge is 1.00 e. The average molecular weight is 416 g/mol. The van der Waals surface area contributed by atoms with Gasteiger partial charge in [0.15, 0.2) is 17.5 Å². The Morgan fingerprint density at radius 2 is 1.43 bits per heavy atom. The molecule has 8 heteroatoms. The molecule has 0 fully saturated rings. The van der Waals surface area contributed by atoms with Crippen molar-refractivity contribution in [1.82, 2.24) is 0 Å². The van der Waals surface area contributed by atoms with E-state index in [9.17, 15) is 14.4 Å². The Balaban J connectivity index is 0.00000729. The van der Waals surface area contributed by atoms with Gasteiger partial charge in [0.25, 0.3) is 0 Å². The van der Waals surface area contributed by atoms with Gasteiger partial charge < -0.3 is 32.4 Å². The van der Waals surface area contributed by atoms with Crippen LogP contribution in [0.2, 0.25) is 0 Å². The first kappa shape index (κ1) is 25.9. The second-order valence-electron chi connectivity index (χ2n) is 7.35. The quantitative estimate of drug-likeness (QED) is 0.406. The van der Waals surface area contributed by atoms with Crippen LogP contribution >= 0.6 is 0 Å². The second kappa shape index (κ2) is 12.4. The van der Waals surface area contributed by atoms with Crippen molar-refractivity contribution >= 4 is 17.9 Å². The first-order chi connectivity index (χ1) is 12.6. The van der Waals surface area contributed by atoms with Gasteiger partial charge in [-0.1, -0.05) is 33.8 Å². The fraction of sp³-hybridized carbons (Fsp3) is 0.550. The van der Waals surface area contributed by atoms with E-state index in [0.29, 0.717) is 6.42 Å². The zero-order valence-electron chi connectivity index (χ0n) is 17.1. The van der Waals surface area contributed by atoms with Gasteiger partial charge in [-0.25, -0.2) is 4.79 Å². The van der Waals surface area contributed by atoms with Gasteiger partial charge in [0.05, 0.1) is 7.11 Å². The Labute approximate surface area is 172 Å². The van der Waals surface area contributed by atoms with Crippen molar-refractivity contribution in [2.45, 2.75) is 53.0 Å². The predicted octanol–water partition coefficient (Wildman–Crippen LogP) is -1.08. The summed E-state index contributed by atoms with van der Waals surface area (Å²) < 4.78 is 15.5. The highest BCUT2D eigenvalue weighted by Crippen LogP contribution is 2.30. The van der Waals surface area contributed by atoms with Crippen LogP contribution in [0.5, 0.6) is 11.5 Å². The summed E-state index contributed by atoms with van der Waals surface area (Å²) in [6, 6.07) is 4.27. The van der Waals surface area contributed by atoms with Gasteiger partial charge in [-0.05, 0) is 29.5 Å². The third-order valence-corrected chi connectivity index (χ3v) is 3.62. The summed E-state index contributed by atoms with van der Waals surface area (Å²) in [7, 11) is 1.30. The minimum atomic E-state index is -0.594. The van der Waals surface area contributed by atoms with Crippen molar-refractivity contribution < 1.29 is 46.7 Å². The maximum Gasteiger partial charge on any atom is 0.364 e. The van der Waals surface area contributed by atoms with Crippen LogP contribution in [0.1, 0.15) is 46.1 Å². The van der Waals surface area contributed by atoms with E-state index in [1.165, 1.54) is 7.11 Å². The van der Waals surface area contributed by atoms with Crippen LogP contribution in [0.15, 0.2) is 18.2 Å². The highest BCUT2D eigenvalue weighted by atomic mass is 35.5. The number of methoxy groups -OCH3 is 1. The van der Waals surface area contributed by atoms with Gasteiger partial charge in [-0.3, -0.25) is 9.59 Å². The predicted molar refractivity (Wildman–Crippen MR) is 99.0 cm³/mol. The lowest BCUT2D eigenvalue weighted by Gasteiger charge is -2.14. The van der Waals surface area contributed by atoms with Crippen LogP contribution in [0.25, 0.3) is 0 Å². The number of carbonyl (C=O) groups excluding carboxylic acids is 3. The molecule has 0 radical (unpaired) electrons. The van der Waals surface area contributed by atoms with Crippen LogP contribution < -0.4 is 27.6 Å². The molecule has 1 aromatic rings. The van der Waals surface area contributed by atoms with E-state index >= 15 is 0 Å². The zero-order chi connectivity index (χ0) is 20.6. The van der Waals surface area contributed by atoms with Gasteiger partial charge in [-0.15, -0.1) is 0 Å². The minimum Gasteiger partial charge on any atom is -1.00 e. The average Bonchev–Trinajstić information content (AvgIpc) is 2.54. The summed E-state index contributed by atoms with van der Waals surface area (Å²) in [6.45, 7) is 7.64. The van der Waals surface area contributed by atoms with Crippen molar-refractivity contribution in [3.8, 4) is 11.5 Å². The van der Waals surface area contributed by atoms with Gasteiger partial charge in [0.2, 0.25) is 0 Å². The Bertz CT molecular complexity index is 675. The third-order valence-electron chi connectivity index (χ3n) is 3.62. The van der Waals surface area contributed by atoms with Gasteiger partial charge in [0, 0.05) is 19.3 Å². The maximum absolute atomic E-state index is 12.1. The molecule has 0 unspecified atom stereocenters. The minimum absolute atomic E-state index is 0. The van der Waals surface area contributed by atoms with Crippen molar-refractivity contribution in [2.75, 3.05) is 7.11 Å². The fourth-order valence-corrected chi connectivity index (χ4v) is 2.37. The molecule has 3 N–H and O–H groups in total. The lowest BCUT2D eigenvalue weighted by Crippen LogP contribution is -3.00. The van der Waals surface area contributed by atoms with Gasteiger partial charge >= 0.3 is 17.9 Å². The summed E-state index contributed by atoms with van der Waals surface area (Å²) in [5.41, 5.74) is 4.49. The van der Waals surface area contributed by atoms with Crippen LogP contribution in [-0.2, 0) is 25.5 Å². The molecular weight excluding hydrogens is 386 g/mol. The summed E-state index contributed by atoms with van der Waals surface area (Å²) in [4.78, 5) is 35.6. The Hall–Kier alpha value is -2.12. The molecule has 1 atom stereocenters. The molecule has 0 aromatic heterocycles. The molecule has 7 nitrogen and oxygen atoms in total. The third kappa shape index (κ3) is 9.19. The highest BCUT2D eigenvalue weighted by molar-refractivity contribution is 5.77. The van der Waals surface area contributed by atoms with Crippen molar-refractivity contribution in [1.29, 1.82) is 0 Å². The van der Waals surface area contributed by atoms with E-state index in [1.807, 2.05) is 27.7 Å². The monoisotopic (exact) mass is 415 g/mol. The first-order valence-electron chi connectivity index (χ1n) is 9.07. The Morgan fingerprint density at radius 1 is 0.929 bits per heavy atom. The molecule has 1 aromatic carbocycles. The SMILES string of the molecule is COC(=O)[C@@H]([NH3+])Cc1ccc(OC(=O)CC(C)C)c(OC(=O)CC(C)C)c1.[Cl-]. The molecule has 28 heavy (non-hydrogen) atoms. The van der Waals surface area contributed by atoms with Gasteiger partial charge in [-0.2, -0.15) is 0 Å². The lowest BCUT2D eigenvalue weighted by molar-refractivity contribution is -0.407. The summed E-state index contributed by atoms with van der Waals surface area (Å²) >= 11 is 0. The number of halogens is 1. The number of benzene rings is 1. The molecule has 0 aliphatic carbocycles. The van der Waals surface area contributed by atoms with E-state index in [2.05, 4.69) is 10.5 Å². The lowest BCUT2D eigenvalue weighted by atomic mass is 10.1. The highest BCUT2D eigenvalue weighted by Gasteiger charge is 2.21.